The van der Waals surface area contributed by atoms with E-state index in [2.05, 4.69) is 20.3 Å². The molecule has 1 saturated carbocycles. The number of morpholine rings is 1. The Labute approximate surface area is 219 Å². The molecule has 2 aromatic heterocycles. The Morgan fingerprint density at radius 3 is 2.63 bits per heavy atom. The highest BCUT2D eigenvalue weighted by Crippen LogP contribution is 2.32. The van der Waals surface area contributed by atoms with Crippen LogP contribution in [0.1, 0.15) is 37.9 Å². The van der Waals surface area contributed by atoms with E-state index < -0.39 is 6.43 Å². The van der Waals surface area contributed by atoms with E-state index in [0.717, 1.165) is 0 Å². The first kappa shape index (κ1) is 26.2. The summed E-state index contributed by atoms with van der Waals surface area (Å²) in [6.07, 6.45) is -0.180. The lowest BCUT2D eigenvalue weighted by Crippen LogP contribution is -2.38. The Balaban J connectivity index is 1.40. The van der Waals surface area contributed by atoms with Gasteiger partial charge >= 0.3 is 0 Å². The van der Waals surface area contributed by atoms with E-state index in [1.54, 1.807) is 37.4 Å². The van der Waals surface area contributed by atoms with Gasteiger partial charge in [-0.25, -0.2) is 13.8 Å². The van der Waals surface area contributed by atoms with Crippen molar-refractivity contribution < 1.29 is 27.8 Å². The van der Waals surface area contributed by atoms with Gasteiger partial charge in [0.1, 0.15) is 11.9 Å². The van der Waals surface area contributed by atoms with E-state index in [1.165, 1.54) is 4.57 Å². The van der Waals surface area contributed by atoms with E-state index >= 15 is 0 Å². The molecule has 2 fully saturated rings. The molecule has 10 nitrogen and oxygen atoms in total. The van der Waals surface area contributed by atoms with Crippen molar-refractivity contribution in [1.82, 2.24) is 24.8 Å². The molecule has 1 amide bonds. The zero-order valence-electron chi connectivity index (χ0n) is 21.3. The quantitative estimate of drug-likeness (QED) is 0.421. The van der Waals surface area contributed by atoms with Crippen LogP contribution in [0.15, 0.2) is 30.3 Å². The van der Waals surface area contributed by atoms with Crippen molar-refractivity contribution in [3.05, 3.63) is 36.2 Å². The van der Waals surface area contributed by atoms with Gasteiger partial charge in [0.15, 0.2) is 5.82 Å². The maximum atomic E-state index is 14.1. The number of imidazole rings is 1. The third-order valence-corrected chi connectivity index (χ3v) is 6.92. The second-order valence-electron chi connectivity index (χ2n) is 9.43. The molecule has 1 N–H and O–H groups in total. The summed E-state index contributed by atoms with van der Waals surface area (Å²) in [6, 6.07) is 8.57. The van der Waals surface area contributed by atoms with Crippen LogP contribution < -0.4 is 15.0 Å². The molecule has 0 radical (unpaired) electrons. The number of aromatic nitrogens is 4. The zero-order chi connectivity index (χ0) is 26.5. The van der Waals surface area contributed by atoms with Gasteiger partial charge in [-0.15, -0.1) is 0 Å². The molecule has 1 aromatic carbocycles. The molecule has 1 aliphatic carbocycles. The topological polar surface area (TPSA) is 104 Å². The second kappa shape index (κ2) is 12.0. The van der Waals surface area contributed by atoms with E-state index in [4.69, 9.17) is 14.2 Å². The summed E-state index contributed by atoms with van der Waals surface area (Å²) in [6.45, 7) is 3.18. The molecule has 3 aromatic rings. The van der Waals surface area contributed by atoms with Crippen LogP contribution in [0.5, 0.6) is 5.88 Å². The van der Waals surface area contributed by atoms with Crippen molar-refractivity contribution in [3.8, 4) is 11.7 Å². The number of anilines is 1. The normalized spacial score (nSPS) is 20.2. The fraction of sp³-hybridized carbons (Fsp3) is 0.538. The Morgan fingerprint density at radius 1 is 1.13 bits per heavy atom. The average molecular weight is 531 g/mol. The molecule has 5 rings (SSSR count). The number of benzene rings is 1. The predicted molar refractivity (Wildman–Crippen MR) is 136 cm³/mol. The van der Waals surface area contributed by atoms with Crippen molar-refractivity contribution in [3.63, 3.8) is 0 Å². The molecular weight excluding hydrogens is 498 g/mol. The summed E-state index contributed by atoms with van der Waals surface area (Å²) in [5.74, 6) is 0.552. The van der Waals surface area contributed by atoms with Crippen LogP contribution >= 0.6 is 0 Å². The Morgan fingerprint density at radius 2 is 1.89 bits per heavy atom. The first-order valence-electron chi connectivity index (χ1n) is 12.9. The van der Waals surface area contributed by atoms with Crippen molar-refractivity contribution in [2.24, 2.45) is 5.92 Å². The summed E-state index contributed by atoms with van der Waals surface area (Å²) in [5, 5.41) is 2.90. The highest BCUT2D eigenvalue weighted by molar-refractivity contribution is 5.79. The van der Waals surface area contributed by atoms with Gasteiger partial charge in [0.25, 0.3) is 6.43 Å². The minimum atomic E-state index is -2.79. The van der Waals surface area contributed by atoms with Crippen LogP contribution in [0.25, 0.3) is 16.9 Å². The molecular formula is C26H32F2N6O4. The van der Waals surface area contributed by atoms with Crippen LogP contribution in [-0.2, 0) is 14.3 Å². The van der Waals surface area contributed by atoms with Gasteiger partial charge in [-0.3, -0.25) is 9.36 Å². The molecule has 0 spiro atoms. The van der Waals surface area contributed by atoms with Crippen molar-refractivity contribution in [2.75, 3.05) is 51.5 Å². The number of halogens is 2. The Hall–Kier alpha value is -3.38. The first-order valence-corrected chi connectivity index (χ1v) is 12.9. The summed E-state index contributed by atoms with van der Waals surface area (Å²) < 4.78 is 46.2. The van der Waals surface area contributed by atoms with Crippen LogP contribution in [0.2, 0.25) is 0 Å². The monoisotopic (exact) mass is 530 g/mol. The number of nitrogens with one attached hydrogen (secondary N) is 1. The molecule has 3 heterocycles. The first-order chi connectivity index (χ1) is 18.5. The third-order valence-electron chi connectivity index (χ3n) is 6.92. The van der Waals surface area contributed by atoms with Gasteiger partial charge < -0.3 is 24.4 Å². The number of carbonyl (C=O) groups is 1. The number of para-hydroxylation sites is 2. The van der Waals surface area contributed by atoms with Gasteiger partial charge in [-0.1, -0.05) is 12.1 Å². The number of rotatable bonds is 9. The summed E-state index contributed by atoms with van der Waals surface area (Å²) >= 11 is 0. The highest BCUT2D eigenvalue weighted by Gasteiger charge is 2.29. The maximum absolute atomic E-state index is 14.1. The largest absolute Gasteiger partial charge is 0.474 e. The van der Waals surface area contributed by atoms with E-state index in [9.17, 15) is 13.6 Å². The number of fused-ring (bicyclic) bond motifs is 1. The molecule has 38 heavy (non-hydrogen) atoms. The van der Waals surface area contributed by atoms with Crippen molar-refractivity contribution in [1.29, 1.82) is 0 Å². The number of alkyl halides is 2. The van der Waals surface area contributed by atoms with Gasteiger partial charge in [-0.2, -0.15) is 9.97 Å². The fourth-order valence-electron chi connectivity index (χ4n) is 4.95. The minimum absolute atomic E-state index is 0.0333. The molecule has 1 aliphatic heterocycles. The van der Waals surface area contributed by atoms with Gasteiger partial charge in [0.05, 0.1) is 30.9 Å². The number of ether oxygens (including phenoxy) is 3. The fourth-order valence-corrected chi connectivity index (χ4v) is 4.95. The lowest BCUT2D eigenvalue weighted by atomic mass is 9.87. The molecule has 1 saturated heterocycles. The number of methoxy groups -OCH3 is 1. The number of hydrogen-bond acceptors (Lipinski definition) is 8. The number of nitrogens with zero attached hydrogens (tertiary/aromatic N) is 5. The average Bonchev–Trinajstić information content (AvgIpc) is 3.34. The molecule has 12 heteroatoms. The second-order valence-corrected chi connectivity index (χ2v) is 9.43. The van der Waals surface area contributed by atoms with Gasteiger partial charge in [0, 0.05) is 38.7 Å². The summed E-state index contributed by atoms with van der Waals surface area (Å²) in [5.41, 5.74) is 0.985. The molecule has 204 valence electrons. The minimum Gasteiger partial charge on any atom is -0.474 e. The standard InChI is InChI=1S/C26H32F2N6O4/c1-36-13-10-29-25(35)17-6-8-18(9-7-17)38-22-16-21(31-26(32-22)33-11-14-37-15-12-33)34-20-5-3-2-4-19(20)30-24(34)23(27)28/h2-5,16-18,23H,6-15H2,1H3,(H,29,35). The lowest BCUT2D eigenvalue weighted by molar-refractivity contribution is -0.126. The van der Waals surface area contributed by atoms with Crippen molar-refractivity contribution >= 4 is 22.9 Å². The van der Waals surface area contributed by atoms with Crippen LogP contribution in [0.3, 0.4) is 0 Å². The van der Waals surface area contributed by atoms with Gasteiger partial charge in [0.2, 0.25) is 17.7 Å². The maximum Gasteiger partial charge on any atom is 0.296 e. The summed E-state index contributed by atoms with van der Waals surface area (Å²) in [4.78, 5) is 27.8. The zero-order valence-corrected chi connectivity index (χ0v) is 21.3. The number of amides is 1. The van der Waals surface area contributed by atoms with Crippen molar-refractivity contribution in [2.45, 2.75) is 38.2 Å². The molecule has 0 bridgehead atoms. The smallest absolute Gasteiger partial charge is 0.296 e. The molecule has 2 aliphatic rings. The van der Waals surface area contributed by atoms with Crippen LogP contribution in [-0.4, -0.2) is 78.1 Å². The van der Waals surface area contributed by atoms with Gasteiger partial charge in [-0.05, 0) is 37.8 Å². The van der Waals surface area contributed by atoms with E-state index in [1.807, 2.05) is 4.90 Å². The Bertz CT molecular complexity index is 1240. The van der Waals surface area contributed by atoms with E-state index in [0.29, 0.717) is 88.0 Å². The predicted octanol–water partition coefficient (Wildman–Crippen LogP) is 3.29. The highest BCUT2D eigenvalue weighted by atomic mass is 19.3. The van der Waals surface area contributed by atoms with Crippen LogP contribution in [0.4, 0.5) is 14.7 Å². The molecule has 0 atom stereocenters. The molecule has 0 unspecified atom stereocenters. The number of hydrogen-bond donors (Lipinski definition) is 1. The summed E-state index contributed by atoms with van der Waals surface area (Å²) in [7, 11) is 1.60. The number of carbonyl (C=O) groups excluding carboxylic acids is 1. The van der Waals surface area contributed by atoms with E-state index in [-0.39, 0.29) is 29.6 Å². The third kappa shape index (κ3) is 5.86. The SMILES string of the molecule is COCCNC(=O)C1CCC(Oc2cc(-n3c(C(F)F)nc4ccccc43)nc(N3CCOCC3)n2)CC1. The Kier molecular flexibility index (Phi) is 8.28. The lowest BCUT2D eigenvalue weighted by Gasteiger charge is -2.29. The van der Waals surface area contributed by atoms with Crippen LogP contribution in [0, 0.1) is 5.92 Å².